The van der Waals surface area contributed by atoms with Gasteiger partial charge in [0.15, 0.2) is 0 Å². The zero-order valence-corrected chi connectivity index (χ0v) is 11.1. The SMILES string of the molecule is Cc1cc(OC2CCCCC2CN)n2ncnc2n1. The standard InChI is InChI=1S/C13H19N5O/c1-9-6-12(18-13(17-9)15-8-16-18)19-11-5-3-2-4-10(11)7-14/h6,8,10-11H,2-5,7,14H2,1H3. The first-order chi connectivity index (χ1) is 9.28. The lowest BCUT2D eigenvalue weighted by atomic mass is 9.86. The Balaban J connectivity index is 1.89. The van der Waals surface area contributed by atoms with Crippen molar-refractivity contribution in [2.24, 2.45) is 11.7 Å². The van der Waals surface area contributed by atoms with Crippen molar-refractivity contribution in [2.45, 2.75) is 38.7 Å². The quantitative estimate of drug-likeness (QED) is 0.901. The molecule has 1 aliphatic rings. The molecule has 2 aromatic heterocycles. The Hall–Kier alpha value is -1.69. The summed E-state index contributed by atoms with van der Waals surface area (Å²) in [5.41, 5.74) is 6.73. The second-order valence-electron chi connectivity index (χ2n) is 5.14. The molecule has 1 saturated carbocycles. The van der Waals surface area contributed by atoms with Gasteiger partial charge < -0.3 is 10.5 Å². The van der Waals surface area contributed by atoms with Gasteiger partial charge >= 0.3 is 0 Å². The number of fused-ring (bicyclic) bond motifs is 1. The van der Waals surface area contributed by atoms with E-state index in [1.165, 1.54) is 19.2 Å². The largest absolute Gasteiger partial charge is 0.474 e. The second kappa shape index (κ2) is 5.13. The lowest BCUT2D eigenvalue weighted by molar-refractivity contribution is 0.0896. The van der Waals surface area contributed by atoms with Crippen molar-refractivity contribution in [3.05, 3.63) is 18.1 Å². The molecule has 6 nitrogen and oxygen atoms in total. The number of rotatable bonds is 3. The van der Waals surface area contributed by atoms with Gasteiger partial charge in [-0.2, -0.15) is 14.6 Å². The molecule has 2 N–H and O–H groups in total. The summed E-state index contributed by atoms with van der Waals surface area (Å²) in [6.45, 7) is 2.61. The van der Waals surface area contributed by atoms with Crippen molar-refractivity contribution in [3.8, 4) is 5.88 Å². The maximum absolute atomic E-state index is 6.15. The van der Waals surface area contributed by atoms with Crippen LogP contribution in [0.5, 0.6) is 5.88 Å². The predicted molar refractivity (Wildman–Crippen MR) is 70.9 cm³/mol. The Labute approximate surface area is 112 Å². The average Bonchev–Trinajstić information content (AvgIpc) is 2.87. The van der Waals surface area contributed by atoms with Crippen LogP contribution in [0.15, 0.2) is 12.4 Å². The predicted octanol–water partition coefficient (Wildman–Crippen LogP) is 1.33. The number of aryl methyl sites for hydroxylation is 1. The van der Waals surface area contributed by atoms with Gasteiger partial charge in [0.1, 0.15) is 12.4 Å². The topological polar surface area (TPSA) is 78.3 Å². The minimum Gasteiger partial charge on any atom is -0.474 e. The van der Waals surface area contributed by atoms with E-state index in [2.05, 4.69) is 15.1 Å². The maximum Gasteiger partial charge on any atom is 0.255 e. The van der Waals surface area contributed by atoms with Crippen LogP contribution in [0.4, 0.5) is 0 Å². The summed E-state index contributed by atoms with van der Waals surface area (Å²) in [5, 5.41) is 4.16. The van der Waals surface area contributed by atoms with Crippen LogP contribution in [-0.2, 0) is 0 Å². The molecule has 6 heteroatoms. The van der Waals surface area contributed by atoms with Crippen LogP contribution in [-0.4, -0.2) is 32.2 Å². The number of aromatic nitrogens is 4. The smallest absolute Gasteiger partial charge is 0.255 e. The van der Waals surface area contributed by atoms with Gasteiger partial charge in [-0.3, -0.25) is 0 Å². The number of hydrogen-bond acceptors (Lipinski definition) is 5. The van der Waals surface area contributed by atoms with E-state index in [9.17, 15) is 0 Å². The molecular formula is C13H19N5O. The Morgan fingerprint density at radius 3 is 3.11 bits per heavy atom. The van der Waals surface area contributed by atoms with Crippen molar-refractivity contribution < 1.29 is 4.74 Å². The lowest BCUT2D eigenvalue weighted by Crippen LogP contribution is -2.35. The summed E-state index contributed by atoms with van der Waals surface area (Å²) in [7, 11) is 0. The van der Waals surface area contributed by atoms with E-state index in [0.717, 1.165) is 18.5 Å². The first kappa shape index (κ1) is 12.3. The maximum atomic E-state index is 6.15. The fourth-order valence-electron chi connectivity index (χ4n) is 2.73. The minimum absolute atomic E-state index is 0.174. The third kappa shape index (κ3) is 2.40. The van der Waals surface area contributed by atoms with Crippen LogP contribution in [0.2, 0.25) is 0 Å². The monoisotopic (exact) mass is 261 g/mol. The Kier molecular flexibility index (Phi) is 3.33. The molecule has 2 atom stereocenters. The number of ether oxygens (including phenoxy) is 1. The normalized spacial score (nSPS) is 23.7. The molecule has 0 radical (unpaired) electrons. The van der Waals surface area contributed by atoms with Crippen molar-refractivity contribution in [2.75, 3.05) is 6.54 Å². The lowest BCUT2D eigenvalue weighted by Gasteiger charge is -2.30. The summed E-state index contributed by atoms with van der Waals surface area (Å²) >= 11 is 0. The summed E-state index contributed by atoms with van der Waals surface area (Å²) in [6, 6.07) is 1.91. The first-order valence-electron chi connectivity index (χ1n) is 6.82. The Morgan fingerprint density at radius 1 is 1.42 bits per heavy atom. The van der Waals surface area contributed by atoms with Crippen LogP contribution in [0.3, 0.4) is 0 Å². The molecule has 3 rings (SSSR count). The van der Waals surface area contributed by atoms with Gasteiger partial charge in [0.2, 0.25) is 5.88 Å². The number of nitrogens with two attached hydrogens (primary N) is 1. The van der Waals surface area contributed by atoms with Crippen molar-refractivity contribution in [1.29, 1.82) is 0 Å². The summed E-state index contributed by atoms with van der Waals surface area (Å²) in [6.07, 6.45) is 6.32. The number of hydrogen-bond donors (Lipinski definition) is 1. The molecule has 0 saturated heterocycles. The van der Waals surface area contributed by atoms with Crippen LogP contribution >= 0.6 is 0 Å². The van der Waals surface area contributed by atoms with E-state index in [0.29, 0.717) is 24.1 Å². The van der Waals surface area contributed by atoms with Crippen LogP contribution < -0.4 is 10.5 Å². The van der Waals surface area contributed by atoms with Crippen molar-refractivity contribution in [1.82, 2.24) is 19.6 Å². The van der Waals surface area contributed by atoms with E-state index in [1.54, 1.807) is 4.52 Å². The minimum atomic E-state index is 0.174. The van der Waals surface area contributed by atoms with E-state index in [4.69, 9.17) is 10.5 Å². The van der Waals surface area contributed by atoms with Gasteiger partial charge in [-0.05, 0) is 32.7 Å². The average molecular weight is 261 g/mol. The molecular weight excluding hydrogens is 242 g/mol. The van der Waals surface area contributed by atoms with Gasteiger partial charge in [-0.25, -0.2) is 4.98 Å². The van der Waals surface area contributed by atoms with Crippen LogP contribution in [0, 0.1) is 12.8 Å². The Morgan fingerprint density at radius 2 is 2.26 bits per heavy atom. The summed E-state index contributed by atoms with van der Waals surface area (Å²) in [4.78, 5) is 8.42. The van der Waals surface area contributed by atoms with Crippen LogP contribution in [0.25, 0.3) is 5.78 Å². The second-order valence-corrected chi connectivity index (χ2v) is 5.14. The van der Waals surface area contributed by atoms with Crippen LogP contribution in [0.1, 0.15) is 31.4 Å². The van der Waals surface area contributed by atoms with E-state index in [1.807, 2.05) is 13.0 Å². The van der Waals surface area contributed by atoms with Gasteiger partial charge in [0, 0.05) is 17.7 Å². The Bertz CT molecular complexity index is 567. The van der Waals surface area contributed by atoms with Gasteiger partial charge in [-0.1, -0.05) is 6.42 Å². The summed E-state index contributed by atoms with van der Waals surface area (Å²) < 4.78 is 7.80. The molecule has 1 fully saturated rings. The van der Waals surface area contributed by atoms with Crippen molar-refractivity contribution >= 4 is 5.78 Å². The first-order valence-corrected chi connectivity index (χ1v) is 6.82. The summed E-state index contributed by atoms with van der Waals surface area (Å²) in [5.74, 6) is 1.72. The molecule has 0 aliphatic heterocycles. The molecule has 0 aromatic carbocycles. The third-order valence-corrected chi connectivity index (χ3v) is 3.76. The highest BCUT2D eigenvalue weighted by Gasteiger charge is 2.26. The molecule has 0 bridgehead atoms. The number of nitrogens with zero attached hydrogens (tertiary/aromatic N) is 4. The van der Waals surface area contributed by atoms with Gasteiger partial charge in [-0.15, -0.1) is 0 Å². The highest BCUT2D eigenvalue weighted by Crippen LogP contribution is 2.28. The highest BCUT2D eigenvalue weighted by atomic mass is 16.5. The fourth-order valence-corrected chi connectivity index (χ4v) is 2.73. The molecule has 102 valence electrons. The van der Waals surface area contributed by atoms with E-state index < -0.39 is 0 Å². The van der Waals surface area contributed by atoms with E-state index >= 15 is 0 Å². The molecule has 1 aliphatic carbocycles. The molecule has 2 unspecified atom stereocenters. The third-order valence-electron chi connectivity index (χ3n) is 3.76. The highest BCUT2D eigenvalue weighted by molar-refractivity contribution is 5.32. The zero-order valence-electron chi connectivity index (χ0n) is 11.1. The molecule has 0 amide bonds. The molecule has 0 spiro atoms. The fraction of sp³-hybridized carbons (Fsp3) is 0.615. The molecule has 19 heavy (non-hydrogen) atoms. The zero-order chi connectivity index (χ0) is 13.2. The molecule has 2 heterocycles. The van der Waals surface area contributed by atoms with Gasteiger partial charge in [0.25, 0.3) is 5.78 Å². The molecule has 2 aromatic rings. The van der Waals surface area contributed by atoms with Crippen molar-refractivity contribution in [3.63, 3.8) is 0 Å². The van der Waals surface area contributed by atoms with Gasteiger partial charge in [0.05, 0.1) is 0 Å². The van der Waals surface area contributed by atoms with E-state index in [-0.39, 0.29) is 6.10 Å².